The molecule has 0 saturated carbocycles. The SMILES string of the molecule is C[C@H](C(=O)N1CCCCC1)N1CC[C@@H](N)C1=O. The Hall–Kier alpha value is -1.10. The van der Waals surface area contributed by atoms with Crippen molar-refractivity contribution in [3.8, 4) is 0 Å². The lowest BCUT2D eigenvalue weighted by Crippen LogP contribution is -2.50. The van der Waals surface area contributed by atoms with Crippen molar-refractivity contribution >= 4 is 11.8 Å². The van der Waals surface area contributed by atoms with E-state index in [1.54, 1.807) is 4.90 Å². The third-order valence-electron chi connectivity index (χ3n) is 3.77. The van der Waals surface area contributed by atoms with Gasteiger partial charge in [0.1, 0.15) is 6.04 Å². The van der Waals surface area contributed by atoms with Gasteiger partial charge >= 0.3 is 0 Å². The molecule has 2 atom stereocenters. The van der Waals surface area contributed by atoms with Crippen molar-refractivity contribution in [2.45, 2.75) is 44.7 Å². The van der Waals surface area contributed by atoms with Crippen LogP contribution in [0.4, 0.5) is 0 Å². The van der Waals surface area contributed by atoms with Gasteiger partial charge in [0.15, 0.2) is 0 Å². The molecule has 2 aliphatic heterocycles. The molecule has 2 amide bonds. The van der Waals surface area contributed by atoms with Gasteiger partial charge in [-0.3, -0.25) is 9.59 Å². The highest BCUT2D eigenvalue weighted by molar-refractivity contribution is 5.90. The van der Waals surface area contributed by atoms with Gasteiger partial charge in [-0.1, -0.05) is 0 Å². The van der Waals surface area contributed by atoms with E-state index in [4.69, 9.17) is 5.73 Å². The van der Waals surface area contributed by atoms with Gasteiger partial charge < -0.3 is 15.5 Å². The van der Waals surface area contributed by atoms with Crippen molar-refractivity contribution in [1.29, 1.82) is 0 Å². The number of amides is 2. The zero-order chi connectivity index (χ0) is 12.4. The number of nitrogens with zero attached hydrogens (tertiary/aromatic N) is 2. The fourth-order valence-electron chi connectivity index (χ4n) is 2.62. The molecule has 0 unspecified atom stereocenters. The first-order valence-electron chi connectivity index (χ1n) is 6.46. The van der Waals surface area contributed by atoms with Gasteiger partial charge in [-0.25, -0.2) is 0 Å². The number of piperidine rings is 1. The van der Waals surface area contributed by atoms with Crippen LogP contribution in [0.5, 0.6) is 0 Å². The number of carbonyl (C=O) groups is 2. The molecule has 2 fully saturated rings. The van der Waals surface area contributed by atoms with Crippen LogP contribution in [0.15, 0.2) is 0 Å². The zero-order valence-electron chi connectivity index (χ0n) is 10.4. The van der Waals surface area contributed by atoms with Gasteiger partial charge in [0, 0.05) is 19.6 Å². The molecule has 0 aromatic rings. The Kier molecular flexibility index (Phi) is 3.66. The molecule has 17 heavy (non-hydrogen) atoms. The van der Waals surface area contributed by atoms with E-state index in [0.29, 0.717) is 13.0 Å². The van der Waals surface area contributed by atoms with Crippen LogP contribution in [0.2, 0.25) is 0 Å². The van der Waals surface area contributed by atoms with Gasteiger partial charge in [0.2, 0.25) is 11.8 Å². The van der Waals surface area contributed by atoms with Crippen molar-refractivity contribution in [1.82, 2.24) is 9.80 Å². The summed E-state index contributed by atoms with van der Waals surface area (Å²) in [5.74, 6) is -0.00462. The highest BCUT2D eigenvalue weighted by Gasteiger charge is 2.36. The van der Waals surface area contributed by atoms with E-state index in [-0.39, 0.29) is 17.9 Å². The van der Waals surface area contributed by atoms with Crippen LogP contribution in [0.25, 0.3) is 0 Å². The first-order valence-corrected chi connectivity index (χ1v) is 6.46. The Bertz CT molecular complexity index is 313. The van der Waals surface area contributed by atoms with E-state index < -0.39 is 6.04 Å². The normalized spacial score (nSPS) is 27.4. The fraction of sp³-hybridized carbons (Fsp3) is 0.833. The minimum absolute atomic E-state index is 0.0761. The summed E-state index contributed by atoms with van der Waals surface area (Å²) in [6.45, 7) is 4.09. The summed E-state index contributed by atoms with van der Waals surface area (Å²) in [4.78, 5) is 27.5. The van der Waals surface area contributed by atoms with E-state index in [9.17, 15) is 9.59 Å². The number of carbonyl (C=O) groups excluding carboxylic acids is 2. The van der Waals surface area contributed by atoms with Crippen molar-refractivity contribution in [2.75, 3.05) is 19.6 Å². The molecule has 5 nitrogen and oxygen atoms in total. The maximum absolute atomic E-state index is 12.2. The Morgan fingerprint density at radius 3 is 2.47 bits per heavy atom. The monoisotopic (exact) mass is 239 g/mol. The lowest BCUT2D eigenvalue weighted by atomic mass is 10.1. The van der Waals surface area contributed by atoms with Crippen molar-refractivity contribution in [3.63, 3.8) is 0 Å². The summed E-state index contributed by atoms with van der Waals surface area (Å²) in [5.41, 5.74) is 5.67. The van der Waals surface area contributed by atoms with Crippen LogP contribution in [-0.4, -0.2) is 53.3 Å². The Labute approximate surface area is 102 Å². The first-order chi connectivity index (χ1) is 8.11. The van der Waals surface area contributed by atoms with Crippen molar-refractivity contribution < 1.29 is 9.59 Å². The van der Waals surface area contributed by atoms with Crippen LogP contribution in [-0.2, 0) is 9.59 Å². The number of nitrogens with two attached hydrogens (primary N) is 1. The van der Waals surface area contributed by atoms with Crippen LogP contribution in [0.1, 0.15) is 32.6 Å². The summed E-state index contributed by atoms with van der Waals surface area (Å²) in [6, 6.07) is -0.763. The predicted molar refractivity (Wildman–Crippen MR) is 64.2 cm³/mol. The summed E-state index contributed by atoms with van der Waals surface area (Å²) in [5, 5.41) is 0. The standard InChI is InChI=1S/C12H21N3O2/c1-9(15-8-5-10(13)12(15)17)11(16)14-6-3-2-4-7-14/h9-10H,2-8,13H2,1H3/t9-,10-/m1/s1. The number of likely N-dealkylation sites (tertiary alicyclic amines) is 2. The van der Waals surface area contributed by atoms with E-state index in [1.807, 2.05) is 11.8 Å². The fourth-order valence-corrected chi connectivity index (χ4v) is 2.62. The second kappa shape index (κ2) is 5.04. The minimum atomic E-state index is -0.411. The van der Waals surface area contributed by atoms with Gasteiger partial charge in [-0.15, -0.1) is 0 Å². The average molecular weight is 239 g/mol. The topological polar surface area (TPSA) is 66.6 Å². The average Bonchev–Trinajstić information content (AvgIpc) is 2.69. The zero-order valence-corrected chi connectivity index (χ0v) is 10.4. The summed E-state index contributed by atoms with van der Waals surface area (Å²) in [7, 11) is 0. The smallest absolute Gasteiger partial charge is 0.245 e. The molecular formula is C12H21N3O2. The molecule has 0 spiro atoms. The van der Waals surface area contributed by atoms with Gasteiger partial charge in [-0.2, -0.15) is 0 Å². The molecule has 0 radical (unpaired) electrons. The molecule has 96 valence electrons. The summed E-state index contributed by atoms with van der Waals surface area (Å²) >= 11 is 0. The molecule has 0 bridgehead atoms. The molecule has 2 rings (SSSR count). The lowest BCUT2D eigenvalue weighted by molar-refractivity contribution is -0.143. The highest BCUT2D eigenvalue weighted by Crippen LogP contribution is 2.17. The van der Waals surface area contributed by atoms with Crippen molar-refractivity contribution in [3.05, 3.63) is 0 Å². The van der Waals surface area contributed by atoms with Crippen LogP contribution in [0.3, 0.4) is 0 Å². The molecule has 2 aliphatic rings. The van der Waals surface area contributed by atoms with E-state index in [1.165, 1.54) is 6.42 Å². The van der Waals surface area contributed by atoms with Crippen LogP contribution >= 0.6 is 0 Å². The van der Waals surface area contributed by atoms with Crippen molar-refractivity contribution in [2.24, 2.45) is 5.73 Å². The number of hydrogen-bond donors (Lipinski definition) is 1. The largest absolute Gasteiger partial charge is 0.341 e. The molecule has 2 saturated heterocycles. The second-order valence-corrected chi connectivity index (χ2v) is 4.99. The number of hydrogen-bond acceptors (Lipinski definition) is 3. The van der Waals surface area contributed by atoms with E-state index >= 15 is 0 Å². The van der Waals surface area contributed by atoms with E-state index in [2.05, 4.69) is 0 Å². The summed E-state index contributed by atoms with van der Waals surface area (Å²) in [6.07, 6.45) is 4.01. The molecule has 2 heterocycles. The minimum Gasteiger partial charge on any atom is -0.341 e. The molecule has 5 heteroatoms. The molecular weight excluding hydrogens is 218 g/mol. The van der Waals surface area contributed by atoms with E-state index in [0.717, 1.165) is 25.9 Å². The van der Waals surface area contributed by atoms with Gasteiger partial charge in [-0.05, 0) is 32.6 Å². The first kappa shape index (κ1) is 12.4. The highest BCUT2D eigenvalue weighted by atomic mass is 16.2. The molecule has 0 aromatic heterocycles. The van der Waals surface area contributed by atoms with Crippen LogP contribution < -0.4 is 5.73 Å². The quantitative estimate of drug-likeness (QED) is 0.734. The Morgan fingerprint density at radius 1 is 1.29 bits per heavy atom. The molecule has 2 N–H and O–H groups in total. The number of rotatable bonds is 2. The lowest BCUT2D eigenvalue weighted by Gasteiger charge is -2.32. The van der Waals surface area contributed by atoms with Gasteiger partial charge in [0.25, 0.3) is 0 Å². The maximum Gasteiger partial charge on any atom is 0.245 e. The summed E-state index contributed by atoms with van der Waals surface area (Å²) < 4.78 is 0. The van der Waals surface area contributed by atoms with Gasteiger partial charge in [0.05, 0.1) is 6.04 Å². The predicted octanol–water partition coefficient (Wildman–Crippen LogP) is -0.0530. The molecule has 0 aliphatic carbocycles. The molecule has 0 aromatic carbocycles. The maximum atomic E-state index is 12.2. The van der Waals surface area contributed by atoms with Crippen LogP contribution in [0, 0.1) is 0 Å². The Morgan fingerprint density at radius 2 is 1.94 bits per heavy atom. The third kappa shape index (κ3) is 2.44. The third-order valence-corrected chi connectivity index (χ3v) is 3.77. The second-order valence-electron chi connectivity index (χ2n) is 4.99. The Balaban J connectivity index is 1.97.